The van der Waals surface area contributed by atoms with E-state index in [0.717, 1.165) is 31.4 Å². The fraction of sp³-hybridized carbons (Fsp3) is 0.750. The van der Waals surface area contributed by atoms with Crippen molar-refractivity contribution >= 4 is 11.9 Å². The van der Waals surface area contributed by atoms with Crippen LogP contribution in [0.2, 0.25) is 0 Å². The number of hydrogen-bond acceptors (Lipinski definition) is 6. The smallest absolute Gasteiger partial charge is 0.230 e. The molecule has 1 aromatic rings. The van der Waals surface area contributed by atoms with Crippen LogP contribution in [0.4, 0.5) is 11.9 Å². The molecular weight excluding hydrogens is 228 g/mol. The van der Waals surface area contributed by atoms with Gasteiger partial charge >= 0.3 is 0 Å². The molecule has 0 spiro atoms. The number of piperazine rings is 1. The maximum absolute atomic E-state index is 4.52. The lowest BCUT2D eigenvalue weighted by Gasteiger charge is -2.39. The average Bonchev–Trinajstić information content (AvgIpc) is 2.26. The van der Waals surface area contributed by atoms with E-state index in [1.807, 2.05) is 25.9 Å². The highest BCUT2D eigenvalue weighted by atomic mass is 15.3. The van der Waals surface area contributed by atoms with E-state index in [1.54, 1.807) is 0 Å². The van der Waals surface area contributed by atoms with Crippen molar-refractivity contribution in [1.82, 2.24) is 20.3 Å². The molecule has 6 heteroatoms. The predicted molar refractivity (Wildman–Crippen MR) is 73.2 cm³/mol. The monoisotopic (exact) mass is 250 g/mol. The lowest BCUT2D eigenvalue weighted by atomic mass is 10.0. The van der Waals surface area contributed by atoms with Gasteiger partial charge in [0, 0.05) is 39.3 Å². The van der Waals surface area contributed by atoms with E-state index >= 15 is 0 Å². The summed E-state index contributed by atoms with van der Waals surface area (Å²) >= 11 is 0. The van der Waals surface area contributed by atoms with Gasteiger partial charge in [0.2, 0.25) is 11.9 Å². The van der Waals surface area contributed by atoms with Crippen molar-refractivity contribution in [3.8, 4) is 0 Å². The molecule has 1 saturated heterocycles. The van der Waals surface area contributed by atoms with Crippen LogP contribution in [0.25, 0.3) is 0 Å². The van der Waals surface area contributed by atoms with E-state index in [-0.39, 0.29) is 5.54 Å². The zero-order chi connectivity index (χ0) is 13.3. The Hall–Kier alpha value is -1.43. The molecule has 0 amide bonds. The molecule has 6 nitrogen and oxygen atoms in total. The molecule has 2 rings (SSSR count). The molecule has 0 radical (unpaired) electrons. The van der Waals surface area contributed by atoms with Crippen molar-refractivity contribution in [2.45, 2.75) is 26.3 Å². The summed E-state index contributed by atoms with van der Waals surface area (Å²) in [6, 6.07) is 0. The van der Waals surface area contributed by atoms with E-state index in [0.29, 0.717) is 5.95 Å². The van der Waals surface area contributed by atoms with Gasteiger partial charge in [0.15, 0.2) is 0 Å². The first kappa shape index (κ1) is 13.0. The lowest BCUT2D eigenvalue weighted by molar-refractivity contribution is 0.350. The third kappa shape index (κ3) is 2.87. The highest BCUT2D eigenvalue weighted by molar-refractivity contribution is 5.39. The summed E-state index contributed by atoms with van der Waals surface area (Å²) in [6.07, 6.45) is 0. The first-order chi connectivity index (χ1) is 8.37. The Labute approximate surface area is 108 Å². The van der Waals surface area contributed by atoms with Gasteiger partial charge in [-0.2, -0.15) is 15.0 Å². The summed E-state index contributed by atoms with van der Waals surface area (Å²) in [6.45, 7) is 9.09. The molecule has 1 N–H and O–H groups in total. The highest BCUT2D eigenvalue weighted by Gasteiger charge is 2.27. The van der Waals surface area contributed by atoms with Crippen LogP contribution in [0.5, 0.6) is 0 Å². The number of hydrogen-bond donors (Lipinski definition) is 1. The van der Waals surface area contributed by atoms with Crippen LogP contribution < -0.4 is 15.1 Å². The zero-order valence-electron chi connectivity index (χ0n) is 11.9. The number of aryl methyl sites for hydroxylation is 1. The van der Waals surface area contributed by atoms with Crippen molar-refractivity contribution in [3.05, 3.63) is 5.82 Å². The molecule has 18 heavy (non-hydrogen) atoms. The van der Waals surface area contributed by atoms with Crippen molar-refractivity contribution in [1.29, 1.82) is 0 Å². The van der Waals surface area contributed by atoms with Crippen molar-refractivity contribution < 1.29 is 0 Å². The summed E-state index contributed by atoms with van der Waals surface area (Å²) in [4.78, 5) is 17.4. The van der Waals surface area contributed by atoms with Crippen LogP contribution in [-0.2, 0) is 0 Å². The minimum Gasteiger partial charge on any atom is -0.347 e. The van der Waals surface area contributed by atoms with Gasteiger partial charge in [-0.3, -0.25) is 0 Å². The van der Waals surface area contributed by atoms with Crippen LogP contribution in [0.3, 0.4) is 0 Å². The second-order valence-corrected chi connectivity index (χ2v) is 5.61. The van der Waals surface area contributed by atoms with Crippen LogP contribution in [0.15, 0.2) is 0 Å². The third-order valence-corrected chi connectivity index (χ3v) is 2.98. The van der Waals surface area contributed by atoms with Gasteiger partial charge < -0.3 is 15.1 Å². The standard InChI is InChI=1S/C12H22N6/c1-9-14-10(17(4)5)16-11(15-9)18-7-6-13-12(2,3)8-18/h13H,6-8H2,1-5H3. The SMILES string of the molecule is Cc1nc(N(C)C)nc(N2CCNC(C)(C)C2)n1. The molecule has 0 saturated carbocycles. The molecule has 1 fully saturated rings. The summed E-state index contributed by atoms with van der Waals surface area (Å²) in [7, 11) is 3.89. The van der Waals surface area contributed by atoms with Crippen LogP contribution in [-0.4, -0.2) is 54.2 Å². The third-order valence-electron chi connectivity index (χ3n) is 2.98. The molecule has 1 aliphatic rings. The summed E-state index contributed by atoms with van der Waals surface area (Å²) < 4.78 is 0. The first-order valence-corrected chi connectivity index (χ1v) is 6.27. The summed E-state index contributed by atoms with van der Waals surface area (Å²) in [5.41, 5.74) is 0.0943. The normalized spacial score (nSPS) is 18.8. The molecular formula is C12H22N6. The Morgan fingerprint density at radius 3 is 2.56 bits per heavy atom. The molecule has 0 aromatic carbocycles. The Kier molecular flexibility index (Phi) is 3.38. The van der Waals surface area contributed by atoms with Crippen LogP contribution >= 0.6 is 0 Å². The maximum Gasteiger partial charge on any atom is 0.230 e. The maximum atomic E-state index is 4.52. The second-order valence-electron chi connectivity index (χ2n) is 5.61. The zero-order valence-corrected chi connectivity index (χ0v) is 11.9. The van der Waals surface area contributed by atoms with Crippen molar-refractivity contribution in [2.24, 2.45) is 0 Å². The predicted octanol–water partition coefficient (Wildman–Crippen LogP) is 0.434. The largest absolute Gasteiger partial charge is 0.347 e. The lowest BCUT2D eigenvalue weighted by Crippen LogP contribution is -2.57. The number of anilines is 2. The van der Waals surface area contributed by atoms with E-state index in [9.17, 15) is 0 Å². The molecule has 2 heterocycles. The van der Waals surface area contributed by atoms with E-state index in [4.69, 9.17) is 0 Å². The van der Waals surface area contributed by atoms with Crippen molar-refractivity contribution in [3.63, 3.8) is 0 Å². The summed E-state index contributed by atoms with van der Waals surface area (Å²) in [5, 5.41) is 3.49. The Bertz CT molecular complexity index is 429. The molecule has 1 aromatic heterocycles. The highest BCUT2D eigenvalue weighted by Crippen LogP contribution is 2.17. The number of aromatic nitrogens is 3. The Morgan fingerprint density at radius 2 is 1.94 bits per heavy atom. The second kappa shape index (κ2) is 4.68. The quantitative estimate of drug-likeness (QED) is 0.821. The number of nitrogens with one attached hydrogen (secondary N) is 1. The molecule has 100 valence electrons. The molecule has 0 atom stereocenters. The topological polar surface area (TPSA) is 57.2 Å². The van der Waals surface area contributed by atoms with E-state index in [1.165, 1.54) is 0 Å². The van der Waals surface area contributed by atoms with Gasteiger partial charge in [-0.15, -0.1) is 0 Å². The average molecular weight is 250 g/mol. The molecule has 0 bridgehead atoms. The Balaban J connectivity index is 2.27. The molecule has 0 unspecified atom stereocenters. The molecule has 0 aliphatic carbocycles. The number of rotatable bonds is 2. The van der Waals surface area contributed by atoms with Gasteiger partial charge in [-0.1, -0.05) is 0 Å². The van der Waals surface area contributed by atoms with Gasteiger partial charge in [-0.25, -0.2) is 0 Å². The van der Waals surface area contributed by atoms with Gasteiger partial charge in [-0.05, 0) is 20.8 Å². The van der Waals surface area contributed by atoms with Gasteiger partial charge in [0.05, 0.1) is 0 Å². The Morgan fingerprint density at radius 1 is 1.22 bits per heavy atom. The van der Waals surface area contributed by atoms with Crippen LogP contribution in [0, 0.1) is 6.92 Å². The molecule has 1 aliphatic heterocycles. The minimum atomic E-state index is 0.0943. The number of nitrogens with zero attached hydrogens (tertiary/aromatic N) is 5. The minimum absolute atomic E-state index is 0.0943. The van der Waals surface area contributed by atoms with Crippen LogP contribution in [0.1, 0.15) is 19.7 Å². The van der Waals surface area contributed by atoms with Gasteiger partial charge in [0.25, 0.3) is 0 Å². The van der Waals surface area contributed by atoms with E-state index in [2.05, 4.69) is 39.0 Å². The van der Waals surface area contributed by atoms with Crippen molar-refractivity contribution in [2.75, 3.05) is 43.5 Å². The fourth-order valence-corrected chi connectivity index (χ4v) is 2.11. The summed E-state index contributed by atoms with van der Waals surface area (Å²) in [5.74, 6) is 2.26. The first-order valence-electron chi connectivity index (χ1n) is 6.27. The fourth-order valence-electron chi connectivity index (χ4n) is 2.11. The van der Waals surface area contributed by atoms with E-state index < -0.39 is 0 Å². The van der Waals surface area contributed by atoms with Gasteiger partial charge in [0.1, 0.15) is 5.82 Å².